The van der Waals surface area contributed by atoms with Crippen molar-refractivity contribution in [2.24, 2.45) is 0 Å². The fourth-order valence-corrected chi connectivity index (χ4v) is 5.33. The van der Waals surface area contributed by atoms with Gasteiger partial charge in [0.25, 0.3) is 0 Å². The highest BCUT2D eigenvalue weighted by molar-refractivity contribution is 7.90. The van der Waals surface area contributed by atoms with Gasteiger partial charge in [0.1, 0.15) is 33.7 Å². The summed E-state index contributed by atoms with van der Waals surface area (Å²) in [5.41, 5.74) is 6.27. The van der Waals surface area contributed by atoms with Crippen molar-refractivity contribution < 1.29 is 32.5 Å². The van der Waals surface area contributed by atoms with Crippen LogP contribution >= 0.6 is 0 Å². The van der Waals surface area contributed by atoms with Crippen molar-refractivity contribution in [1.82, 2.24) is 0 Å². The molecule has 7 nitrogen and oxygen atoms in total. The van der Waals surface area contributed by atoms with Gasteiger partial charge in [0.15, 0.2) is 0 Å². The number of benzene rings is 3. The fraction of sp³-hybridized carbons (Fsp3) is 0.345. The highest BCUT2D eigenvalue weighted by atomic mass is 32.2. The lowest BCUT2D eigenvalue weighted by Crippen LogP contribution is -2.08. The van der Waals surface area contributed by atoms with E-state index < -0.39 is 15.8 Å². The van der Waals surface area contributed by atoms with Crippen molar-refractivity contribution in [3.05, 3.63) is 76.9 Å². The molecule has 0 aliphatic carbocycles. The number of sulfone groups is 1. The highest BCUT2D eigenvalue weighted by Gasteiger charge is 2.26. The van der Waals surface area contributed by atoms with Crippen LogP contribution < -0.4 is 14.2 Å². The van der Waals surface area contributed by atoms with E-state index in [4.69, 9.17) is 19.3 Å². The molecule has 0 saturated carbocycles. The molecule has 0 saturated heterocycles. The molecule has 0 bridgehead atoms. The van der Waals surface area contributed by atoms with Crippen LogP contribution in [0.3, 0.4) is 0 Å². The third kappa shape index (κ3) is 7.04. The third-order valence-electron chi connectivity index (χ3n) is 6.34. The summed E-state index contributed by atoms with van der Waals surface area (Å²) in [5.74, 6) is 1.23. The Morgan fingerprint density at radius 3 is 2.49 bits per heavy atom. The molecule has 8 heteroatoms. The highest BCUT2D eigenvalue weighted by Crippen LogP contribution is 2.38. The Morgan fingerprint density at radius 1 is 1.03 bits per heavy atom. The number of aryl methyl sites for hydroxylation is 2. The van der Waals surface area contributed by atoms with Crippen molar-refractivity contribution >= 4 is 15.8 Å². The Bertz CT molecular complexity index is 1370. The lowest BCUT2D eigenvalue weighted by molar-refractivity contribution is -0.137. The fourth-order valence-electron chi connectivity index (χ4n) is 4.68. The first kappa shape index (κ1) is 26.5. The minimum atomic E-state index is -2.99. The average molecular weight is 525 g/mol. The summed E-state index contributed by atoms with van der Waals surface area (Å²) in [6.45, 7) is 5.18. The molecule has 0 amide bonds. The molecule has 4 rings (SSSR count). The predicted molar refractivity (Wildman–Crippen MR) is 142 cm³/mol. The van der Waals surface area contributed by atoms with Gasteiger partial charge in [-0.2, -0.15) is 0 Å². The molecule has 0 radical (unpaired) electrons. The summed E-state index contributed by atoms with van der Waals surface area (Å²) in [7, 11) is -2.99. The monoisotopic (exact) mass is 524 g/mol. The maximum atomic E-state index is 11.3. The zero-order chi connectivity index (χ0) is 26.6. The van der Waals surface area contributed by atoms with E-state index in [0.29, 0.717) is 37.7 Å². The zero-order valence-corrected chi connectivity index (χ0v) is 22.1. The van der Waals surface area contributed by atoms with E-state index in [-0.39, 0.29) is 18.1 Å². The van der Waals surface area contributed by atoms with Crippen LogP contribution in [-0.2, 0) is 21.2 Å². The second-order valence-corrected chi connectivity index (χ2v) is 11.8. The van der Waals surface area contributed by atoms with Crippen LogP contribution in [0.5, 0.6) is 17.2 Å². The molecule has 0 spiro atoms. The van der Waals surface area contributed by atoms with Crippen LogP contribution in [0, 0.1) is 13.8 Å². The number of hydrogen-bond acceptors (Lipinski definition) is 6. The van der Waals surface area contributed by atoms with Gasteiger partial charge >= 0.3 is 5.97 Å². The molecule has 1 aliphatic rings. The maximum Gasteiger partial charge on any atom is 0.304 e. The first-order chi connectivity index (χ1) is 17.6. The number of carboxylic acid groups (broad SMARTS) is 1. The van der Waals surface area contributed by atoms with Crippen molar-refractivity contribution in [3.8, 4) is 28.4 Å². The molecule has 0 unspecified atom stereocenters. The number of aliphatic carboxylic acids is 1. The molecule has 196 valence electrons. The largest absolute Gasteiger partial charge is 0.494 e. The lowest BCUT2D eigenvalue weighted by Gasteiger charge is -2.15. The van der Waals surface area contributed by atoms with Gasteiger partial charge in [0.2, 0.25) is 0 Å². The van der Waals surface area contributed by atoms with Crippen molar-refractivity contribution in [2.75, 3.05) is 25.2 Å². The van der Waals surface area contributed by atoms with Crippen LogP contribution in [0.25, 0.3) is 11.1 Å². The normalized spacial score (nSPS) is 14.6. The molecule has 37 heavy (non-hydrogen) atoms. The first-order valence-corrected chi connectivity index (χ1v) is 14.3. The summed E-state index contributed by atoms with van der Waals surface area (Å²) < 4.78 is 40.1. The number of hydrogen-bond donors (Lipinski definition) is 1. The molecular weight excluding hydrogens is 492 g/mol. The summed E-state index contributed by atoms with van der Waals surface area (Å²) in [6, 6.07) is 17.7. The van der Waals surface area contributed by atoms with Gasteiger partial charge in [0, 0.05) is 23.8 Å². The predicted octanol–water partition coefficient (Wildman–Crippen LogP) is 5.31. The standard InChI is InChI=1S/C29H32O7S/c1-19-12-25(34-10-5-11-37(3,32)33)13-20(2)29(19)22-7-4-6-21(14-22)17-35-24-8-9-26-23(15-28(30)31)18-36-27(26)16-24/h4,6-9,12-14,16,23H,5,10-11,15,17-18H2,1-3H3,(H,30,31)/t23-/m0/s1. The lowest BCUT2D eigenvalue weighted by atomic mass is 9.94. The quantitative estimate of drug-likeness (QED) is 0.339. The van der Waals surface area contributed by atoms with Crippen molar-refractivity contribution in [3.63, 3.8) is 0 Å². The van der Waals surface area contributed by atoms with Crippen LogP contribution in [0.4, 0.5) is 0 Å². The van der Waals surface area contributed by atoms with Crippen LogP contribution in [-0.4, -0.2) is 44.7 Å². The van der Waals surface area contributed by atoms with E-state index in [9.17, 15) is 13.2 Å². The van der Waals surface area contributed by atoms with Gasteiger partial charge in [0.05, 0.1) is 25.4 Å². The third-order valence-corrected chi connectivity index (χ3v) is 7.37. The van der Waals surface area contributed by atoms with E-state index in [1.807, 2.05) is 56.3 Å². The van der Waals surface area contributed by atoms with Gasteiger partial charge in [-0.1, -0.05) is 24.3 Å². The summed E-state index contributed by atoms with van der Waals surface area (Å²) in [5, 5.41) is 9.08. The number of fused-ring (bicyclic) bond motifs is 1. The molecule has 3 aromatic rings. The van der Waals surface area contributed by atoms with E-state index in [0.717, 1.165) is 39.1 Å². The molecule has 1 atom stereocenters. The topological polar surface area (TPSA) is 99.1 Å². The second kappa shape index (κ2) is 11.3. The Labute approximate surface area is 217 Å². The molecule has 1 N–H and O–H groups in total. The maximum absolute atomic E-state index is 11.3. The Morgan fingerprint density at radius 2 is 1.78 bits per heavy atom. The molecule has 0 aromatic heterocycles. The smallest absolute Gasteiger partial charge is 0.304 e. The zero-order valence-electron chi connectivity index (χ0n) is 21.3. The number of ether oxygens (including phenoxy) is 3. The summed E-state index contributed by atoms with van der Waals surface area (Å²) in [4.78, 5) is 11.1. The Kier molecular flexibility index (Phi) is 8.07. The van der Waals surface area contributed by atoms with Crippen LogP contribution in [0.15, 0.2) is 54.6 Å². The van der Waals surface area contributed by atoms with Gasteiger partial charge in [-0.3, -0.25) is 4.79 Å². The number of carboxylic acids is 1. The molecule has 3 aromatic carbocycles. The van der Waals surface area contributed by atoms with E-state index in [1.54, 1.807) is 0 Å². The number of rotatable bonds is 11. The molecule has 1 heterocycles. The van der Waals surface area contributed by atoms with Crippen molar-refractivity contribution in [1.29, 1.82) is 0 Å². The van der Waals surface area contributed by atoms with E-state index in [1.165, 1.54) is 6.26 Å². The SMILES string of the molecule is Cc1cc(OCCCS(C)(=O)=O)cc(C)c1-c1cccc(COc2ccc3c(c2)OC[C@@H]3CC(=O)O)c1. The van der Waals surface area contributed by atoms with Gasteiger partial charge in [-0.05, 0) is 72.4 Å². The van der Waals surface area contributed by atoms with Crippen LogP contribution in [0.2, 0.25) is 0 Å². The van der Waals surface area contributed by atoms with Gasteiger partial charge in [-0.25, -0.2) is 8.42 Å². The van der Waals surface area contributed by atoms with E-state index in [2.05, 4.69) is 12.1 Å². The van der Waals surface area contributed by atoms with Gasteiger partial charge < -0.3 is 19.3 Å². The molecule has 0 fully saturated rings. The van der Waals surface area contributed by atoms with Crippen molar-refractivity contribution in [2.45, 2.75) is 39.2 Å². The minimum absolute atomic E-state index is 0.0507. The van der Waals surface area contributed by atoms with Gasteiger partial charge in [-0.15, -0.1) is 0 Å². The molecule has 1 aliphatic heterocycles. The van der Waals surface area contributed by atoms with E-state index >= 15 is 0 Å². The Balaban J connectivity index is 1.42. The average Bonchev–Trinajstić information content (AvgIpc) is 3.21. The first-order valence-electron chi connectivity index (χ1n) is 12.2. The minimum Gasteiger partial charge on any atom is -0.494 e. The second-order valence-electron chi connectivity index (χ2n) is 9.56. The molecular formula is C29H32O7S. The number of carbonyl (C=O) groups is 1. The van der Waals surface area contributed by atoms with Crippen LogP contribution in [0.1, 0.15) is 41.0 Å². The Hall–Kier alpha value is -3.52. The summed E-state index contributed by atoms with van der Waals surface area (Å²) >= 11 is 0. The summed E-state index contributed by atoms with van der Waals surface area (Å²) in [6.07, 6.45) is 1.74.